The van der Waals surface area contributed by atoms with E-state index in [0.29, 0.717) is 23.6 Å². The van der Waals surface area contributed by atoms with E-state index in [4.69, 9.17) is 5.73 Å². The largest absolute Gasteiger partial charge is 0.387 e. The standard InChI is InChI=1S/C24H24N4O2/c1-16-7-6-10-18(13-16)23(30)27(2)19-11-12-21-20(14-19)26-24(25)28(21)15-22(29)17-8-4-3-5-9-17/h3-14,22,29H,15H2,1-2H3,(H2,25,26)/t22-/m0/s1. The predicted octanol–water partition coefficient (Wildman–Crippen LogP) is 3.94. The first-order valence-corrected chi connectivity index (χ1v) is 9.77. The zero-order valence-electron chi connectivity index (χ0n) is 17.0. The molecule has 6 nitrogen and oxygen atoms in total. The summed E-state index contributed by atoms with van der Waals surface area (Å²) in [6.07, 6.45) is -0.698. The van der Waals surface area contributed by atoms with E-state index in [1.54, 1.807) is 16.5 Å². The van der Waals surface area contributed by atoms with Crippen molar-refractivity contribution < 1.29 is 9.90 Å². The number of hydrogen-bond donors (Lipinski definition) is 2. The number of anilines is 2. The number of nitrogens with two attached hydrogens (primary N) is 1. The van der Waals surface area contributed by atoms with Crippen molar-refractivity contribution in [3.05, 3.63) is 89.5 Å². The Balaban J connectivity index is 1.62. The molecule has 0 aliphatic heterocycles. The fourth-order valence-corrected chi connectivity index (χ4v) is 3.58. The quantitative estimate of drug-likeness (QED) is 0.531. The Labute approximate surface area is 175 Å². The monoisotopic (exact) mass is 400 g/mol. The predicted molar refractivity (Wildman–Crippen MR) is 119 cm³/mol. The van der Waals surface area contributed by atoms with E-state index in [1.165, 1.54) is 0 Å². The molecule has 0 unspecified atom stereocenters. The summed E-state index contributed by atoms with van der Waals surface area (Å²) in [6, 6.07) is 22.5. The summed E-state index contributed by atoms with van der Waals surface area (Å²) in [5.41, 5.74) is 10.8. The number of aryl methyl sites for hydroxylation is 1. The zero-order chi connectivity index (χ0) is 21.3. The lowest BCUT2D eigenvalue weighted by molar-refractivity contribution is 0.0993. The SMILES string of the molecule is Cc1cccc(C(=O)N(C)c2ccc3c(c2)nc(N)n3C[C@H](O)c2ccccc2)c1. The summed E-state index contributed by atoms with van der Waals surface area (Å²) in [5, 5.41) is 10.6. The van der Waals surface area contributed by atoms with Crippen LogP contribution in [-0.2, 0) is 6.54 Å². The highest BCUT2D eigenvalue weighted by Crippen LogP contribution is 2.26. The van der Waals surface area contributed by atoms with E-state index in [-0.39, 0.29) is 5.91 Å². The summed E-state index contributed by atoms with van der Waals surface area (Å²) in [5.74, 6) is 0.231. The topological polar surface area (TPSA) is 84.4 Å². The molecule has 6 heteroatoms. The molecule has 3 aromatic carbocycles. The van der Waals surface area contributed by atoms with Gasteiger partial charge in [0.2, 0.25) is 5.95 Å². The van der Waals surface area contributed by atoms with E-state index in [2.05, 4.69) is 4.98 Å². The van der Waals surface area contributed by atoms with Crippen molar-refractivity contribution in [3.8, 4) is 0 Å². The Morgan fingerprint density at radius 1 is 1.10 bits per heavy atom. The zero-order valence-corrected chi connectivity index (χ0v) is 17.0. The van der Waals surface area contributed by atoms with Crippen LogP contribution in [0.2, 0.25) is 0 Å². The molecule has 4 aromatic rings. The lowest BCUT2D eigenvalue weighted by Crippen LogP contribution is -2.26. The molecule has 1 aromatic heterocycles. The number of hydrogen-bond acceptors (Lipinski definition) is 4. The maximum Gasteiger partial charge on any atom is 0.258 e. The van der Waals surface area contributed by atoms with Crippen molar-refractivity contribution in [2.75, 3.05) is 17.7 Å². The average Bonchev–Trinajstić information content (AvgIpc) is 3.07. The van der Waals surface area contributed by atoms with Crippen LogP contribution >= 0.6 is 0 Å². The smallest absolute Gasteiger partial charge is 0.258 e. The van der Waals surface area contributed by atoms with Gasteiger partial charge in [-0.1, -0.05) is 48.0 Å². The van der Waals surface area contributed by atoms with E-state index >= 15 is 0 Å². The first kappa shape index (κ1) is 19.7. The van der Waals surface area contributed by atoms with Crippen molar-refractivity contribution in [2.24, 2.45) is 0 Å². The Hall–Kier alpha value is -3.64. The van der Waals surface area contributed by atoms with Crippen LogP contribution in [0.15, 0.2) is 72.8 Å². The molecule has 30 heavy (non-hydrogen) atoms. The van der Waals surface area contributed by atoms with Gasteiger partial charge in [0.25, 0.3) is 5.91 Å². The summed E-state index contributed by atoms with van der Waals surface area (Å²) in [7, 11) is 1.74. The first-order valence-electron chi connectivity index (χ1n) is 9.77. The molecule has 0 saturated heterocycles. The Morgan fingerprint density at radius 2 is 1.87 bits per heavy atom. The maximum absolute atomic E-state index is 12.9. The number of benzene rings is 3. The molecule has 0 spiro atoms. The van der Waals surface area contributed by atoms with Crippen LogP contribution in [0.4, 0.5) is 11.6 Å². The fraction of sp³-hybridized carbons (Fsp3) is 0.167. The molecule has 0 saturated carbocycles. The van der Waals surface area contributed by atoms with Gasteiger partial charge in [-0.25, -0.2) is 4.98 Å². The second kappa shape index (κ2) is 8.00. The van der Waals surface area contributed by atoms with Crippen LogP contribution in [0.25, 0.3) is 11.0 Å². The third-order valence-electron chi connectivity index (χ3n) is 5.26. The lowest BCUT2D eigenvalue weighted by Gasteiger charge is -2.18. The van der Waals surface area contributed by atoms with Gasteiger partial charge in [-0.3, -0.25) is 4.79 Å². The molecule has 3 N–H and O–H groups in total. The van der Waals surface area contributed by atoms with Gasteiger partial charge in [0.1, 0.15) is 0 Å². The van der Waals surface area contributed by atoms with Gasteiger partial charge in [0, 0.05) is 18.3 Å². The van der Waals surface area contributed by atoms with Gasteiger partial charge in [-0.15, -0.1) is 0 Å². The summed E-state index contributed by atoms with van der Waals surface area (Å²) in [6.45, 7) is 2.26. The third kappa shape index (κ3) is 3.77. The summed E-state index contributed by atoms with van der Waals surface area (Å²) < 4.78 is 1.79. The van der Waals surface area contributed by atoms with Crippen molar-refractivity contribution in [3.63, 3.8) is 0 Å². The van der Waals surface area contributed by atoms with E-state index in [9.17, 15) is 9.90 Å². The molecule has 4 rings (SSSR count). The van der Waals surface area contributed by atoms with E-state index in [0.717, 1.165) is 22.3 Å². The van der Waals surface area contributed by atoms with E-state index in [1.807, 2.05) is 79.7 Å². The van der Waals surface area contributed by atoms with Gasteiger partial charge >= 0.3 is 0 Å². The van der Waals surface area contributed by atoms with Gasteiger partial charge in [0.15, 0.2) is 0 Å². The summed E-state index contributed by atoms with van der Waals surface area (Å²) in [4.78, 5) is 18.9. The number of imidazole rings is 1. The van der Waals surface area contributed by atoms with Crippen LogP contribution in [0.1, 0.15) is 27.6 Å². The second-order valence-corrected chi connectivity index (χ2v) is 7.41. The number of fused-ring (bicyclic) bond motifs is 1. The first-order chi connectivity index (χ1) is 14.4. The number of carbonyl (C=O) groups is 1. The number of carbonyl (C=O) groups excluding carboxylic acids is 1. The number of aromatic nitrogens is 2. The van der Waals surface area contributed by atoms with Gasteiger partial charge < -0.3 is 20.3 Å². The highest BCUT2D eigenvalue weighted by molar-refractivity contribution is 6.06. The molecule has 0 aliphatic carbocycles. The Kier molecular flexibility index (Phi) is 5.25. The van der Waals surface area contributed by atoms with Crippen molar-refractivity contribution in [1.29, 1.82) is 0 Å². The molecule has 0 fully saturated rings. The third-order valence-corrected chi connectivity index (χ3v) is 5.26. The molecule has 1 heterocycles. The van der Waals surface area contributed by atoms with Crippen LogP contribution in [0.5, 0.6) is 0 Å². The van der Waals surface area contributed by atoms with Crippen molar-refractivity contribution in [2.45, 2.75) is 19.6 Å². The van der Waals surface area contributed by atoms with Gasteiger partial charge in [-0.2, -0.15) is 0 Å². The average molecular weight is 400 g/mol. The number of nitrogens with zero attached hydrogens (tertiary/aromatic N) is 3. The Morgan fingerprint density at radius 3 is 2.60 bits per heavy atom. The van der Waals surface area contributed by atoms with Crippen LogP contribution in [0.3, 0.4) is 0 Å². The number of nitrogen functional groups attached to an aromatic ring is 1. The fourth-order valence-electron chi connectivity index (χ4n) is 3.58. The number of aliphatic hydroxyl groups is 1. The van der Waals surface area contributed by atoms with Crippen molar-refractivity contribution in [1.82, 2.24) is 9.55 Å². The molecule has 0 aliphatic rings. The maximum atomic E-state index is 12.9. The highest BCUT2D eigenvalue weighted by atomic mass is 16.3. The Bertz CT molecular complexity index is 1200. The molecule has 152 valence electrons. The minimum Gasteiger partial charge on any atom is -0.387 e. The summed E-state index contributed by atoms with van der Waals surface area (Å²) >= 11 is 0. The lowest BCUT2D eigenvalue weighted by atomic mass is 10.1. The molecule has 1 amide bonds. The van der Waals surface area contributed by atoms with Crippen LogP contribution in [0, 0.1) is 6.92 Å². The van der Waals surface area contributed by atoms with Gasteiger partial charge in [0.05, 0.1) is 23.7 Å². The number of aliphatic hydroxyl groups excluding tert-OH is 1. The van der Waals surface area contributed by atoms with Gasteiger partial charge in [-0.05, 0) is 42.8 Å². The minimum atomic E-state index is -0.698. The minimum absolute atomic E-state index is 0.0926. The van der Waals surface area contributed by atoms with Crippen LogP contribution in [-0.4, -0.2) is 27.6 Å². The molecular weight excluding hydrogens is 376 g/mol. The van der Waals surface area contributed by atoms with Crippen LogP contribution < -0.4 is 10.6 Å². The normalized spacial score (nSPS) is 12.1. The van der Waals surface area contributed by atoms with Crippen molar-refractivity contribution >= 4 is 28.6 Å². The molecule has 1 atom stereocenters. The second-order valence-electron chi connectivity index (χ2n) is 7.41. The molecule has 0 bridgehead atoms. The molecule has 0 radical (unpaired) electrons. The molecular formula is C24H24N4O2. The number of amides is 1. The highest BCUT2D eigenvalue weighted by Gasteiger charge is 2.17. The number of rotatable bonds is 5. The van der Waals surface area contributed by atoms with E-state index < -0.39 is 6.10 Å².